The van der Waals surface area contributed by atoms with Crippen LogP contribution in [0.2, 0.25) is 0 Å². The van der Waals surface area contributed by atoms with E-state index in [1.807, 2.05) is 13.0 Å². The van der Waals surface area contributed by atoms with E-state index in [0.29, 0.717) is 17.7 Å². The van der Waals surface area contributed by atoms with Crippen molar-refractivity contribution in [3.05, 3.63) is 35.4 Å². The van der Waals surface area contributed by atoms with Crippen LogP contribution in [0.15, 0.2) is 24.3 Å². The van der Waals surface area contributed by atoms with Crippen LogP contribution in [0.3, 0.4) is 0 Å². The highest BCUT2D eigenvalue weighted by molar-refractivity contribution is 6.20. The zero-order valence-corrected chi connectivity index (χ0v) is 10.5. The van der Waals surface area contributed by atoms with E-state index >= 15 is 0 Å². The van der Waals surface area contributed by atoms with Gasteiger partial charge in [-0.05, 0) is 38.0 Å². The predicted molar refractivity (Wildman–Crippen MR) is 68.0 cm³/mol. The van der Waals surface area contributed by atoms with Crippen LogP contribution >= 0.6 is 11.6 Å². The Morgan fingerprint density at radius 3 is 3.00 bits per heavy atom. The van der Waals surface area contributed by atoms with Crippen LogP contribution in [0.1, 0.15) is 35.7 Å². The van der Waals surface area contributed by atoms with Crippen molar-refractivity contribution in [3.63, 3.8) is 0 Å². The summed E-state index contributed by atoms with van der Waals surface area (Å²) in [6, 6.07) is 8.66. The second-order valence-corrected chi connectivity index (χ2v) is 4.62. The normalized spacial score (nSPS) is 11.6. The molecule has 1 rings (SSSR count). The van der Waals surface area contributed by atoms with E-state index in [0.717, 1.165) is 12.8 Å². The number of amides is 1. The molecule has 17 heavy (non-hydrogen) atoms. The molecule has 0 saturated heterocycles. The lowest BCUT2D eigenvalue weighted by Crippen LogP contribution is -2.24. The molecule has 1 unspecified atom stereocenters. The second-order valence-electron chi connectivity index (χ2n) is 3.87. The summed E-state index contributed by atoms with van der Waals surface area (Å²) in [6.45, 7) is 2.53. The van der Waals surface area contributed by atoms with Crippen molar-refractivity contribution in [1.29, 1.82) is 5.26 Å². The monoisotopic (exact) mass is 250 g/mol. The number of carbonyl (C=O) groups excluding carboxylic acids is 1. The predicted octanol–water partition coefficient (Wildman–Crippen LogP) is 2.70. The number of hydrogen-bond donors (Lipinski definition) is 1. The molecule has 1 N–H and O–H groups in total. The third kappa shape index (κ3) is 4.88. The van der Waals surface area contributed by atoms with E-state index in [2.05, 4.69) is 5.32 Å². The van der Waals surface area contributed by atoms with Gasteiger partial charge in [0.25, 0.3) is 5.91 Å². The standard InChI is InChI=1S/C13H15ClN2O/c1-10(14)4-3-7-16-13(17)12-6-2-5-11(8-12)9-15/h2,5-6,8,10H,3-4,7H2,1H3,(H,16,17). The molecule has 4 heteroatoms. The van der Waals surface area contributed by atoms with Gasteiger partial charge in [0.15, 0.2) is 0 Å². The number of nitrogens with one attached hydrogen (secondary N) is 1. The number of benzene rings is 1. The maximum Gasteiger partial charge on any atom is 0.251 e. The first-order valence-electron chi connectivity index (χ1n) is 5.56. The summed E-state index contributed by atoms with van der Waals surface area (Å²) in [4.78, 5) is 11.7. The van der Waals surface area contributed by atoms with Gasteiger partial charge in [-0.25, -0.2) is 0 Å². The van der Waals surface area contributed by atoms with Crippen LogP contribution < -0.4 is 5.32 Å². The van der Waals surface area contributed by atoms with Crippen molar-refractivity contribution in [2.75, 3.05) is 6.54 Å². The number of nitriles is 1. The summed E-state index contributed by atoms with van der Waals surface area (Å²) < 4.78 is 0. The Labute approximate surface area is 106 Å². The molecule has 1 aromatic rings. The third-order valence-corrected chi connectivity index (χ3v) is 2.54. The maximum atomic E-state index is 11.7. The lowest BCUT2D eigenvalue weighted by atomic mass is 10.1. The number of alkyl halides is 1. The van der Waals surface area contributed by atoms with E-state index in [-0.39, 0.29) is 11.3 Å². The molecular weight excluding hydrogens is 236 g/mol. The van der Waals surface area contributed by atoms with Crippen LogP contribution in [-0.4, -0.2) is 17.8 Å². The lowest BCUT2D eigenvalue weighted by Gasteiger charge is -2.06. The summed E-state index contributed by atoms with van der Waals surface area (Å²) >= 11 is 5.80. The largest absolute Gasteiger partial charge is 0.352 e. The first kappa shape index (κ1) is 13.5. The third-order valence-electron chi connectivity index (χ3n) is 2.32. The fourth-order valence-electron chi connectivity index (χ4n) is 1.42. The van der Waals surface area contributed by atoms with Gasteiger partial charge in [0.1, 0.15) is 0 Å². The second kappa shape index (κ2) is 6.93. The Hall–Kier alpha value is -1.53. The highest BCUT2D eigenvalue weighted by Gasteiger charge is 2.05. The van der Waals surface area contributed by atoms with Crippen molar-refractivity contribution < 1.29 is 4.79 Å². The number of rotatable bonds is 5. The first-order valence-corrected chi connectivity index (χ1v) is 5.99. The Balaban J connectivity index is 2.44. The SMILES string of the molecule is CC(Cl)CCCNC(=O)c1cccc(C#N)c1. The van der Waals surface area contributed by atoms with Gasteiger partial charge >= 0.3 is 0 Å². The van der Waals surface area contributed by atoms with Gasteiger partial charge in [-0.15, -0.1) is 11.6 Å². The highest BCUT2D eigenvalue weighted by atomic mass is 35.5. The molecule has 90 valence electrons. The van der Waals surface area contributed by atoms with Gasteiger partial charge in [-0.3, -0.25) is 4.79 Å². The fourth-order valence-corrected chi connectivity index (χ4v) is 1.57. The van der Waals surface area contributed by atoms with Crippen LogP contribution in [0.25, 0.3) is 0 Å². The number of halogens is 1. The fraction of sp³-hybridized carbons (Fsp3) is 0.385. The smallest absolute Gasteiger partial charge is 0.251 e. The molecule has 0 heterocycles. The first-order chi connectivity index (χ1) is 8.13. The molecule has 0 saturated carbocycles. The quantitative estimate of drug-likeness (QED) is 0.645. The molecule has 0 radical (unpaired) electrons. The number of nitrogens with zero attached hydrogens (tertiary/aromatic N) is 1. The average molecular weight is 251 g/mol. The van der Waals surface area contributed by atoms with Gasteiger partial charge in [-0.1, -0.05) is 6.07 Å². The maximum absolute atomic E-state index is 11.7. The van der Waals surface area contributed by atoms with Gasteiger partial charge in [-0.2, -0.15) is 5.26 Å². The molecule has 0 aliphatic heterocycles. The minimum absolute atomic E-state index is 0.133. The molecule has 0 aromatic heterocycles. The van der Waals surface area contributed by atoms with Crippen molar-refractivity contribution in [2.24, 2.45) is 0 Å². The summed E-state index contributed by atoms with van der Waals surface area (Å²) in [5.74, 6) is -0.149. The van der Waals surface area contributed by atoms with Crippen molar-refractivity contribution in [3.8, 4) is 6.07 Å². The summed E-state index contributed by atoms with van der Waals surface area (Å²) in [5.41, 5.74) is 1.01. The Bertz CT molecular complexity index is 424. The van der Waals surface area contributed by atoms with Crippen LogP contribution in [0.5, 0.6) is 0 Å². The molecule has 0 aliphatic carbocycles. The minimum Gasteiger partial charge on any atom is -0.352 e. The Kier molecular flexibility index (Phi) is 5.51. The molecule has 0 fully saturated rings. The van der Waals surface area contributed by atoms with E-state index in [9.17, 15) is 4.79 Å². The number of carbonyl (C=O) groups is 1. The molecule has 0 bridgehead atoms. The van der Waals surface area contributed by atoms with Gasteiger partial charge in [0.2, 0.25) is 0 Å². The molecule has 1 amide bonds. The van der Waals surface area contributed by atoms with E-state index in [4.69, 9.17) is 16.9 Å². The zero-order chi connectivity index (χ0) is 12.7. The molecular formula is C13H15ClN2O. The summed E-state index contributed by atoms with van der Waals surface area (Å²) in [7, 11) is 0. The Morgan fingerprint density at radius 1 is 1.59 bits per heavy atom. The van der Waals surface area contributed by atoms with Gasteiger partial charge in [0, 0.05) is 17.5 Å². The minimum atomic E-state index is -0.149. The molecule has 3 nitrogen and oxygen atoms in total. The molecule has 0 aliphatic rings. The van der Waals surface area contributed by atoms with Crippen LogP contribution in [0, 0.1) is 11.3 Å². The van der Waals surface area contributed by atoms with Crippen molar-refractivity contribution in [2.45, 2.75) is 25.1 Å². The van der Waals surface area contributed by atoms with Crippen molar-refractivity contribution in [1.82, 2.24) is 5.32 Å². The lowest BCUT2D eigenvalue weighted by molar-refractivity contribution is 0.0953. The molecule has 1 aromatic carbocycles. The van der Waals surface area contributed by atoms with Gasteiger partial charge in [0.05, 0.1) is 11.6 Å². The van der Waals surface area contributed by atoms with Gasteiger partial charge < -0.3 is 5.32 Å². The summed E-state index contributed by atoms with van der Waals surface area (Å²) in [5, 5.41) is 11.7. The van der Waals surface area contributed by atoms with E-state index in [1.54, 1.807) is 24.3 Å². The van der Waals surface area contributed by atoms with Crippen LogP contribution in [-0.2, 0) is 0 Å². The Morgan fingerprint density at radius 2 is 2.35 bits per heavy atom. The molecule has 1 atom stereocenters. The summed E-state index contributed by atoms with van der Waals surface area (Å²) in [6.07, 6.45) is 1.73. The van der Waals surface area contributed by atoms with Crippen molar-refractivity contribution >= 4 is 17.5 Å². The van der Waals surface area contributed by atoms with Crippen LogP contribution in [0.4, 0.5) is 0 Å². The number of hydrogen-bond acceptors (Lipinski definition) is 2. The average Bonchev–Trinajstić information content (AvgIpc) is 2.34. The molecule has 0 spiro atoms. The topological polar surface area (TPSA) is 52.9 Å². The zero-order valence-electron chi connectivity index (χ0n) is 9.74. The van der Waals surface area contributed by atoms with E-state index < -0.39 is 0 Å². The van der Waals surface area contributed by atoms with E-state index in [1.165, 1.54) is 0 Å². The highest BCUT2D eigenvalue weighted by Crippen LogP contribution is 2.05.